The molecule has 0 unspecified atom stereocenters. The van der Waals surface area contributed by atoms with E-state index in [-0.39, 0.29) is 35.5 Å². The number of carbonyl (C=O) groups excluding carboxylic acids is 2. The predicted octanol–water partition coefficient (Wildman–Crippen LogP) is 3.12. The lowest BCUT2D eigenvalue weighted by Gasteiger charge is -2.18. The van der Waals surface area contributed by atoms with Crippen molar-refractivity contribution in [2.24, 2.45) is 23.7 Å². The van der Waals surface area contributed by atoms with Crippen molar-refractivity contribution in [1.82, 2.24) is 0 Å². The van der Waals surface area contributed by atoms with Gasteiger partial charge in [0, 0.05) is 0 Å². The Morgan fingerprint density at radius 2 is 1.48 bits per heavy atom. The zero-order chi connectivity index (χ0) is 14.7. The average Bonchev–Trinajstić information content (AvgIpc) is 3.13. The maximum Gasteiger partial charge on any atom is 0.238 e. The summed E-state index contributed by atoms with van der Waals surface area (Å²) in [5, 5.41) is 0. The Balaban J connectivity index is 1.68. The van der Waals surface area contributed by atoms with Gasteiger partial charge in [0.25, 0.3) is 0 Å². The molecule has 1 aromatic rings. The second-order valence-electron chi connectivity index (χ2n) is 6.76. The molecule has 2 aliphatic carbocycles. The van der Waals surface area contributed by atoms with Crippen LogP contribution in [0.5, 0.6) is 0 Å². The van der Waals surface area contributed by atoms with Gasteiger partial charge in [-0.05, 0) is 41.9 Å². The summed E-state index contributed by atoms with van der Waals surface area (Å²) in [5.41, 5.74) is 1.95. The van der Waals surface area contributed by atoms with Gasteiger partial charge in [0.2, 0.25) is 11.8 Å². The standard InChI is InChI=1S/C18H19NO2/c1-10(2)11-5-7-14(8-6-11)19-17(20)15-12-3-4-13(9-12)16(15)18(19)21/h3-8,10,12-13,15-16H,9H2,1-2H3/t12-,13-,15+,16+/m0/s1. The molecule has 2 fully saturated rings. The minimum atomic E-state index is -0.114. The van der Waals surface area contributed by atoms with Crippen LogP contribution in [0, 0.1) is 23.7 Å². The lowest BCUT2D eigenvalue weighted by Crippen LogP contribution is -2.32. The molecule has 2 amide bonds. The van der Waals surface area contributed by atoms with Crippen LogP contribution in [0.2, 0.25) is 0 Å². The fraction of sp³-hybridized carbons (Fsp3) is 0.444. The molecule has 1 saturated carbocycles. The van der Waals surface area contributed by atoms with E-state index in [1.807, 2.05) is 24.3 Å². The van der Waals surface area contributed by atoms with Gasteiger partial charge in [-0.15, -0.1) is 0 Å². The first-order chi connectivity index (χ1) is 10.1. The summed E-state index contributed by atoms with van der Waals surface area (Å²) in [6.07, 6.45) is 5.23. The number of allylic oxidation sites excluding steroid dienone is 2. The number of fused-ring (bicyclic) bond motifs is 5. The molecule has 1 saturated heterocycles. The molecule has 1 heterocycles. The Kier molecular flexibility index (Phi) is 2.62. The minimum Gasteiger partial charge on any atom is -0.274 e. The highest BCUT2D eigenvalue weighted by molar-refractivity contribution is 6.22. The Morgan fingerprint density at radius 3 is 1.95 bits per heavy atom. The average molecular weight is 281 g/mol. The van der Waals surface area contributed by atoms with Crippen molar-refractivity contribution in [3.05, 3.63) is 42.0 Å². The summed E-state index contributed by atoms with van der Waals surface area (Å²) >= 11 is 0. The number of carbonyl (C=O) groups is 2. The zero-order valence-electron chi connectivity index (χ0n) is 12.3. The Labute approximate surface area is 124 Å². The maximum absolute atomic E-state index is 12.7. The molecule has 108 valence electrons. The highest BCUT2D eigenvalue weighted by Gasteiger charge is 2.59. The molecular formula is C18H19NO2. The van der Waals surface area contributed by atoms with E-state index >= 15 is 0 Å². The van der Waals surface area contributed by atoms with Crippen molar-refractivity contribution in [3.63, 3.8) is 0 Å². The van der Waals surface area contributed by atoms with Crippen LogP contribution in [0.15, 0.2) is 36.4 Å². The first kappa shape index (κ1) is 12.8. The number of nitrogens with zero attached hydrogens (tertiary/aromatic N) is 1. The normalized spacial score (nSPS) is 33.4. The summed E-state index contributed by atoms with van der Waals surface area (Å²) in [4.78, 5) is 26.8. The van der Waals surface area contributed by atoms with Gasteiger partial charge < -0.3 is 0 Å². The van der Waals surface area contributed by atoms with Crippen LogP contribution in [0.25, 0.3) is 0 Å². The van der Waals surface area contributed by atoms with Crippen LogP contribution >= 0.6 is 0 Å². The Hall–Kier alpha value is -1.90. The van der Waals surface area contributed by atoms with Gasteiger partial charge in [-0.3, -0.25) is 14.5 Å². The van der Waals surface area contributed by atoms with Crippen LogP contribution < -0.4 is 4.90 Å². The highest BCUT2D eigenvalue weighted by Crippen LogP contribution is 2.53. The number of anilines is 1. The molecule has 4 atom stereocenters. The largest absolute Gasteiger partial charge is 0.274 e. The summed E-state index contributed by atoms with van der Waals surface area (Å²) in [6, 6.07) is 7.84. The molecule has 3 nitrogen and oxygen atoms in total. The highest BCUT2D eigenvalue weighted by atomic mass is 16.2. The van der Waals surface area contributed by atoms with Gasteiger partial charge in [0.05, 0.1) is 17.5 Å². The van der Waals surface area contributed by atoms with Crippen LogP contribution in [0.1, 0.15) is 31.7 Å². The molecular weight excluding hydrogens is 262 g/mol. The molecule has 4 rings (SSSR count). The van der Waals surface area contributed by atoms with Gasteiger partial charge in [0.15, 0.2) is 0 Å². The van der Waals surface area contributed by atoms with Crippen LogP contribution in [0.3, 0.4) is 0 Å². The summed E-state index contributed by atoms with van der Waals surface area (Å²) in [7, 11) is 0. The quantitative estimate of drug-likeness (QED) is 0.617. The molecule has 0 spiro atoms. The smallest absolute Gasteiger partial charge is 0.238 e. The van der Waals surface area contributed by atoms with E-state index in [0.717, 1.165) is 12.1 Å². The van der Waals surface area contributed by atoms with E-state index in [9.17, 15) is 9.59 Å². The third kappa shape index (κ3) is 1.66. The second-order valence-corrected chi connectivity index (χ2v) is 6.76. The second kappa shape index (κ2) is 4.30. The van der Waals surface area contributed by atoms with Gasteiger partial charge in [0.1, 0.15) is 0 Å². The Bertz CT molecular complexity index is 614. The lowest BCUT2D eigenvalue weighted by molar-refractivity contribution is -0.123. The van der Waals surface area contributed by atoms with Gasteiger partial charge in [-0.25, -0.2) is 0 Å². The number of amides is 2. The SMILES string of the molecule is CC(C)c1ccc(N2C(=O)[C@H]3[C@H](C2=O)[C@H]2C=C[C@H]3C2)cc1. The van der Waals surface area contributed by atoms with E-state index in [0.29, 0.717) is 5.92 Å². The summed E-state index contributed by atoms with van der Waals surface area (Å²) in [5.74, 6) is 0.768. The fourth-order valence-corrected chi connectivity index (χ4v) is 4.17. The van der Waals surface area contributed by atoms with Crippen molar-refractivity contribution >= 4 is 17.5 Å². The van der Waals surface area contributed by atoms with E-state index in [1.54, 1.807) is 0 Å². The lowest BCUT2D eigenvalue weighted by atomic mass is 9.85. The van der Waals surface area contributed by atoms with Crippen LogP contribution in [0.4, 0.5) is 5.69 Å². The third-order valence-electron chi connectivity index (χ3n) is 5.29. The molecule has 0 radical (unpaired) electrons. The van der Waals surface area contributed by atoms with Gasteiger partial charge >= 0.3 is 0 Å². The monoisotopic (exact) mass is 281 g/mol. The van der Waals surface area contributed by atoms with E-state index in [1.165, 1.54) is 10.5 Å². The first-order valence-corrected chi connectivity index (χ1v) is 7.74. The zero-order valence-corrected chi connectivity index (χ0v) is 12.3. The molecule has 1 aliphatic heterocycles. The molecule has 2 bridgehead atoms. The number of imide groups is 1. The molecule has 21 heavy (non-hydrogen) atoms. The molecule has 0 aromatic heterocycles. The molecule has 3 heteroatoms. The maximum atomic E-state index is 12.7. The summed E-state index contributed by atoms with van der Waals surface area (Å²) in [6.45, 7) is 4.27. The van der Waals surface area contributed by atoms with Crippen molar-refractivity contribution in [2.45, 2.75) is 26.2 Å². The predicted molar refractivity (Wildman–Crippen MR) is 80.7 cm³/mol. The van der Waals surface area contributed by atoms with E-state index in [2.05, 4.69) is 26.0 Å². The Morgan fingerprint density at radius 1 is 0.952 bits per heavy atom. The first-order valence-electron chi connectivity index (χ1n) is 7.74. The van der Waals surface area contributed by atoms with Crippen LogP contribution in [-0.4, -0.2) is 11.8 Å². The van der Waals surface area contributed by atoms with E-state index < -0.39 is 0 Å². The van der Waals surface area contributed by atoms with Gasteiger partial charge in [-0.1, -0.05) is 38.1 Å². The summed E-state index contributed by atoms with van der Waals surface area (Å²) < 4.78 is 0. The number of rotatable bonds is 2. The van der Waals surface area contributed by atoms with Crippen molar-refractivity contribution in [2.75, 3.05) is 4.90 Å². The fourth-order valence-electron chi connectivity index (χ4n) is 4.17. The number of benzene rings is 1. The van der Waals surface area contributed by atoms with Gasteiger partial charge in [-0.2, -0.15) is 0 Å². The molecule has 3 aliphatic rings. The van der Waals surface area contributed by atoms with Crippen molar-refractivity contribution in [3.8, 4) is 0 Å². The third-order valence-corrected chi connectivity index (χ3v) is 5.29. The minimum absolute atomic E-state index is 0.000790. The number of hydrogen-bond acceptors (Lipinski definition) is 2. The van der Waals surface area contributed by atoms with Crippen molar-refractivity contribution < 1.29 is 9.59 Å². The molecule has 0 N–H and O–H groups in total. The van der Waals surface area contributed by atoms with E-state index in [4.69, 9.17) is 0 Å². The number of hydrogen-bond donors (Lipinski definition) is 0. The van der Waals surface area contributed by atoms with Crippen molar-refractivity contribution in [1.29, 1.82) is 0 Å². The topological polar surface area (TPSA) is 37.4 Å². The van der Waals surface area contributed by atoms with Crippen LogP contribution in [-0.2, 0) is 9.59 Å². The molecule has 1 aromatic carbocycles.